The molecule has 0 bridgehead atoms. The lowest BCUT2D eigenvalue weighted by Gasteiger charge is -2.33. The minimum absolute atomic E-state index is 0.133. The molecule has 1 aromatic heterocycles. The molecule has 1 atom stereocenters. The predicted octanol–water partition coefficient (Wildman–Crippen LogP) is 4.88. The number of benzene rings is 2. The average Bonchev–Trinajstić information content (AvgIpc) is 2.88. The van der Waals surface area contributed by atoms with Crippen LogP contribution in [0.5, 0.6) is 0 Å². The number of hydrogen-bond donors (Lipinski definition) is 1. The Morgan fingerprint density at radius 1 is 1.00 bits per heavy atom. The molecule has 0 radical (unpaired) electrons. The number of carbonyl (C=O) groups excluding carboxylic acids is 2. The second-order valence-corrected chi connectivity index (χ2v) is 8.44. The minimum atomic E-state index is -0.824. The molecule has 6 nitrogen and oxygen atoms in total. The highest BCUT2D eigenvalue weighted by atomic mass is 16.2. The number of carbonyl (C=O) groups is 2. The van der Waals surface area contributed by atoms with Crippen molar-refractivity contribution in [2.45, 2.75) is 57.5 Å². The van der Waals surface area contributed by atoms with E-state index in [9.17, 15) is 9.59 Å². The predicted molar refractivity (Wildman–Crippen MR) is 129 cm³/mol. The molecule has 2 aromatic carbocycles. The number of aromatic nitrogens is 2. The Bertz CT molecular complexity index is 1050. The van der Waals surface area contributed by atoms with Crippen molar-refractivity contribution >= 4 is 17.5 Å². The third kappa shape index (κ3) is 5.45. The summed E-state index contributed by atoms with van der Waals surface area (Å²) in [6, 6.07) is 16.6. The topological polar surface area (TPSA) is 75.2 Å². The van der Waals surface area contributed by atoms with Crippen LogP contribution in [0.4, 0.5) is 5.69 Å². The van der Waals surface area contributed by atoms with E-state index in [0.717, 1.165) is 43.2 Å². The Hall–Kier alpha value is -3.54. The van der Waals surface area contributed by atoms with E-state index < -0.39 is 6.04 Å². The van der Waals surface area contributed by atoms with Crippen LogP contribution in [0, 0.1) is 0 Å². The van der Waals surface area contributed by atoms with Crippen molar-refractivity contribution in [1.82, 2.24) is 15.3 Å². The summed E-state index contributed by atoms with van der Waals surface area (Å²) in [5.41, 5.74) is 2.76. The van der Waals surface area contributed by atoms with Gasteiger partial charge in [0.15, 0.2) is 0 Å². The summed E-state index contributed by atoms with van der Waals surface area (Å²) in [4.78, 5) is 37.3. The molecule has 0 spiro atoms. The van der Waals surface area contributed by atoms with E-state index in [0.29, 0.717) is 5.69 Å². The summed E-state index contributed by atoms with van der Waals surface area (Å²) in [6.07, 6.45) is 10.7. The van der Waals surface area contributed by atoms with E-state index >= 15 is 0 Å². The number of rotatable bonds is 7. The van der Waals surface area contributed by atoms with Gasteiger partial charge in [0.25, 0.3) is 5.91 Å². The first-order valence-corrected chi connectivity index (χ1v) is 11.7. The zero-order valence-electron chi connectivity index (χ0n) is 19.0. The van der Waals surface area contributed by atoms with Gasteiger partial charge in [-0.15, -0.1) is 0 Å². The average molecular weight is 443 g/mol. The van der Waals surface area contributed by atoms with Crippen LogP contribution in [0.25, 0.3) is 0 Å². The summed E-state index contributed by atoms with van der Waals surface area (Å²) in [5.74, 6) is -0.537. The summed E-state index contributed by atoms with van der Waals surface area (Å²) in [6.45, 7) is 2.09. The highest BCUT2D eigenvalue weighted by molar-refractivity contribution is 6.09. The lowest BCUT2D eigenvalue weighted by atomic mass is 9.94. The van der Waals surface area contributed by atoms with Crippen LogP contribution in [-0.4, -0.2) is 27.8 Å². The Kier molecular flexibility index (Phi) is 7.45. The van der Waals surface area contributed by atoms with Crippen molar-refractivity contribution in [3.05, 3.63) is 90.0 Å². The Balaban J connectivity index is 1.77. The third-order valence-electron chi connectivity index (χ3n) is 6.20. The monoisotopic (exact) mass is 442 g/mol. The zero-order chi connectivity index (χ0) is 23.0. The van der Waals surface area contributed by atoms with Crippen molar-refractivity contribution in [1.29, 1.82) is 0 Å². The highest BCUT2D eigenvalue weighted by Gasteiger charge is 2.35. The first kappa shape index (κ1) is 22.6. The molecule has 3 aromatic rings. The van der Waals surface area contributed by atoms with Crippen LogP contribution in [-0.2, 0) is 11.2 Å². The van der Waals surface area contributed by atoms with Gasteiger partial charge in [0, 0.05) is 24.1 Å². The summed E-state index contributed by atoms with van der Waals surface area (Å²) >= 11 is 0. The van der Waals surface area contributed by atoms with Gasteiger partial charge < -0.3 is 5.32 Å². The summed E-state index contributed by atoms with van der Waals surface area (Å²) in [7, 11) is 0. The van der Waals surface area contributed by atoms with Crippen LogP contribution < -0.4 is 10.2 Å². The molecule has 1 heterocycles. The molecule has 33 heavy (non-hydrogen) atoms. The lowest BCUT2D eigenvalue weighted by molar-refractivity contribution is -0.123. The van der Waals surface area contributed by atoms with Crippen LogP contribution in [0.15, 0.2) is 73.2 Å². The standard InChI is InChI=1S/C27H30N4O2/c1-2-20-13-15-23(16-14-20)31(27(33)24-19-28-17-18-29-24)25(21-9-5-3-6-10-21)26(32)30-22-11-7-4-8-12-22/h3,5-6,9-10,13-19,22,25H,2,4,7-8,11-12H2,1H3,(H,30,32)/t25-/m0/s1. The molecule has 1 N–H and O–H groups in total. The fraction of sp³-hybridized carbons (Fsp3) is 0.333. The van der Waals surface area contributed by atoms with Gasteiger partial charge in [-0.25, -0.2) is 4.98 Å². The minimum Gasteiger partial charge on any atom is -0.351 e. The highest BCUT2D eigenvalue weighted by Crippen LogP contribution is 2.30. The van der Waals surface area contributed by atoms with Gasteiger partial charge in [-0.3, -0.25) is 19.5 Å². The Morgan fingerprint density at radius 2 is 1.73 bits per heavy atom. The van der Waals surface area contributed by atoms with Gasteiger partial charge >= 0.3 is 0 Å². The molecule has 1 aliphatic carbocycles. The SMILES string of the molecule is CCc1ccc(N(C(=O)c2cnccn2)[C@H](C(=O)NC2CCCCC2)c2ccccc2)cc1. The number of anilines is 1. The molecule has 2 amide bonds. The molecule has 170 valence electrons. The maximum absolute atomic E-state index is 13.8. The Labute approximate surface area is 195 Å². The number of aryl methyl sites for hydroxylation is 1. The molecule has 1 fully saturated rings. The van der Waals surface area contributed by atoms with E-state index in [2.05, 4.69) is 22.2 Å². The van der Waals surface area contributed by atoms with E-state index in [1.165, 1.54) is 25.0 Å². The second kappa shape index (κ2) is 10.9. The van der Waals surface area contributed by atoms with Gasteiger partial charge in [0.05, 0.1) is 6.20 Å². The normalized spacial score (nSPS) is 14.9. The van der Waals surface area contributed by atoms with E-state index in [4.69, 9.17) is 0 Å². The first-order valence-electron chi connectivity index (χ1n) is 11.7. The van der Waals surface area contributed by atoms with Gasteiger partial charge in [0.2, 0.25) is 5.91 Å². The largest absolute Gasteiger partial charge is 0.351 e. The summed E-state index contributed by atoms with van der Waals surface area (Å²) in [5, 5.41) is 3.23. The van der Waals surface area contributed by atoms with Crippen molar-refractivity contribution in [2.24, 2.45) is 0 Å². The van der Waals surface area contributed by atoms with Gasteiger partial charge in [-0.1, -0.05) is 68.7 Å². The third-order valence-corrected chi connectivity index (χ3v) is 6.20. The number of hydrogen-bond acceptors (Lipinski definition) is 4. The number of nitrogens with zero attached hydrogens (tertiary/aromatic N) is 3. The van der Waals surface area contributed by atoms with Crippen molar-refractivity contribution in [2.75, 3.05) is 4.90 Å². The maximum Gasteiger partial charge on any atom is 0.279 e. The molecule has 0 saturated heterocycles. The maximum atomic E-state index is 13.8. The molecular formula is C27H30N4O2. The van der Waals surface area contributed by atoms with Crippen LogP contribution in [0.2, 0.25) is 0 Å². The van der Waals surface area contributed by atoms with Gasteiger partial charge in [0.1, 0.15) is 11.7 Å². The fourth-order valence-electron chi connectivity index (χ4n) is 4.39. The number of amides is 2. The second-order valence-electron chi connectivity index (χ2n) is 8.44. The Morgan fingerprint density at radius 3 is 2.36 bits per heavy atom. The molecule has 1 aliphatic rings. The van der Waals surface area contributed by atoms with Crippen LogP contribution >= 0.6 is 0 Å². The quantitative estimate of drug-likeness (QED) is 0.566. The summed E-state index contributed by atoms with van der Waals surface area (Å²) < 4.78 is 0. The fourth-order valence-corrected chi connectivity index (χ4v) is 4.39. The van der Waals surface area contributed by atoms with E-state index in [1.54, 1.807) is 4.90 Å². The van der Waals surface area contributed by atoms with Crippen molar-refractivity contribution < 1.29 is 9.59 Å². The van der Waals surface area contributed by atoms with Crippen LogP contribution in [0.1, 0.15) is 66.7 Å². The molecular weight excluding hydrogens is 412 g/mol. The zero-order valence-corrected chi connectivity index (χ0v) is 19.0. The molecule has 0 unspecified atom stereocenters. The van der Waals surface area contributed by atoms with Gasteiger partial charge in [-0.05, 0) is 42.5 Å². The number of nitrogens with one attached hydrogen (secondary N) is 1. The lowest BCUT2D eigenvalue weighted by Crippen LogP contribution is -2.47. The van der Waals surface area contributed by atoms with Crippen molar-refractivity contribution in [3.8, 4) is 0 Å². The van der Waals surface area contributed by atoms with Crippen molar-refractivity contribution in [3.63, 3.8) is 0 Å². The molecule has 0 aliphatic heterocycles. The molecule has 6 heteroatoms. The van der Waals surface area contributed by atoms with Crippen LogP contribution in [0.3, 0.4) is 0 Å². The smallest absolute Gasteiger partial charge is 0.279 e. The molecule has 1 saturated carbocycles. The van der Waals surface area contributed by atoms with E-state index in [-0.39, 0.29) is 23.6 Å². The van der Waals surface area contributed by atoms with E-state index in [1.807, 2.05) is 54.6 Å². The first-order chi connectivity index (χ1) is 16.2. The molecule has 4 rings (SSSR count). The van der Waals surface area contributed by atoms with Gasteiger partial charge in [-0.2, -0.15) is 0 Å².